The van der Waals surface area contributed by atoms with E-state index in [4.69, 9.17) is 9.47 Å². The lowest BCUT2D eigenvalue weighted by atomic mass is 9.34. The van der Waals surface area contributed by atoms with Gasteiger partial charge >= 0.3 is 0 Å². The number of rotatable bonds is 8. The lowest BCUT2D eigenvalue weighted by molar-refractivity contribution is -0.277. The maximum absolute atomic E-state index is 13.2. The van der Waals surface area contributed by atoms with Crippen molar-refractivity contribution >= 4 is 10.0 Å². The molecule has 40 heavy (non-hydrogen) atoms. The van der Waals surface area contributed by atoms with Gasteiger partial charge in [0.15, 0.2) is 0 Å². The van der Waals surface area contributed by atoms with Crippen molar-refractivity contribution in [3.63, 3.8) is 0 Å². The Labute approximate surface area is 239 Å². The number of hydrogen-bond donors (Lipinski definition) is 0. The highest BCUT2D eigenvalue weighted by Crippen LogP contribution is 2.76. The van der Waals surface area contributed by atoms with Crippen LogP contribution in [0.4, 0.5) is 0 Å². The van der Waals surface area contributed by atoms with Gasteiger partial charge in [0, 0.05) is 55.1 Å². The maximum Gasteiger partial charge on any atom is 0.211 e. The minimum Gasteiger partial charge on any atom is -0.486 e. The van der Waals surface area contributed by atoms with Gasteiger partial charge in [0.05, 0.1) is 6.26 Å². The van der Waals surface area contributed by atoms with Gasteiger partial charge in [-0.1, -0.05) is 42.5 Å². The van der Waals surface area contributed by atoms with Crippen LogP contribution >= 0.6 is 0 Å². The first-order chi connectivity index (χ1) is 19.2. The number of sulfonamides is 1. The topological polar surface area (TPSA) is 59.1 Å². The van der Waals surface area contributed by atoms with E-state index in [-0.39, 0.29) is 22.9 Å². The van der Waals surface area contributed by atoms with Crippen LogP contribution in [0.15, 0.2) is 42.5 Å². The summed E-state index contributed by atoms with van der Waals surface area (Å²) in [5, 5.41) is 0. The number of likely N-dealkylation sites (tertiary alicyclic amines) is 1. The largest absolute Gasteiger partial charge is 0.486 e. The zero-order chi connectivity index (χ0) is 27.5. The number of methoxy groups -OCH3 is 1. The second kappa shape index (κ2) is 8.56. The molecule has 0 radical (unpaired) electrons. The molecule has 6 nitrogen and oxygen atoms in total. The minimum atomic E-state index is -3.42. The molecular formula is C33H42N2O4S. The van der Waals surface area contributed by atoms with Gasteiger partial charge in [-0.25, -0.2) is 8.42 Å². The Balaban J connectivity index is 1.25. The van der Waals surface area contributed by atoms with Gasteiger partial charge < -0.3 is 9.47 Å². The van der Waals surface area contributed by atoms with Crippen molar-refractivity contribution in [1.29, 1.82) is 0 Å². The summed E-state index contributed by atoms with van der Waals surface area (Å²) in [4.78, 5) is 2.85. The maximum atomic E-state index is 13.2. The van der Waals surface area contributed by atoms with Gasteiger partial charge in [0.2, 0.25) is 10.0 Å². The van der Waals surface area contributed by atoms with Crippen LogP contribution in [-0.4, -0.2) is 68.4 Å². The lowest BCUT2D eigenvalue weighted by Gasteiger charge is -2.74. The van der Waals surface area contributed by atoms with Crippen LogP contribution in [0.1, 0.15) is 60.8 Å². The Hall–Kier alpha value is -1.93. The van der Waals surface area contributed by atoms with Crippen molar-refractivity contribution in [2.45, 2.75) is 81.6 Å². The van der Waals surface area contributed by atoms with E-state index >= 15 is 0 Å². The molecule has 2 spiro atoms. The van der Waals surface area contributed by atoms with Gasteiger partial charge in [-0.2, -0.15) is 4.31 Å². The molecule has 6 atom stereocenters. The standard InChI is InChI=1S/C33H42N2O4S/c1-22-9-12-25-17-27-31-13-14-33(38-2,26(18-31)21-35(40(3,36)37)20-23-7-5-4-6-8-23)30-32(31,28(25)29(22)39-30)15-16-34(27)19-24-10-11-24/h4-9,12,24,26-27,30H,10-11,13-21H2,1-3H3/t26-,27-,30-,31-,32+,33-/m1/s1. The molecule has 4 bridgehead atoms. The zero-order valence-corrected chi connectivity index (χ0v) is 24.9. The summed E-state index contributed by atoms with van der Waals surface area (Å²) < 4.78 is 42.0. The fraction of sp³-hybridized carbons (Fsp3) is 0.636. The van der Waals surface area contributed by atoms with E-state index in [9.17, 15) is 8.42 Å². The summed E-state index contributed by atoms with van der Waals surface area (Å²) in [7, 11) is -1.57. The third-order valence-electron chi connectivity index (χ3n) is 12.1. The molecule has 5 fully saturated rings. The van der Waals surface area contributed by atoms with Gasteiger partial charge in [-0.3, -0.25) is 4.90 Å². The molecule has 2 heterocycles. The van der Waals surface area contributed by atoms with Crippen LogP contribution < -0.4 is 4.74 Å². The lowest BCUT2D eigenvalue weighted by Crippen LogP contribution is -2.81. The number of hydrogen-bond acceptors (Lipinski definition) is 5. The number of nitrogens with zero attached hydrogens (tertiary/aromatic N) is 2. The van der Waals surface area contributed by atoms with Crippen molar-refractivity contribution in [1.82, 2.24) is 9.21 Å². The third-order valence-corrected chi connectivity index (χ3v) is 13.3. The normalized spacial score (nSPS) is 37.5. The Kier molecular flexibility index (Phi) is 5.51. The fourth-order valence-electron chi connectivity index (χ4n) is 10.3. The highest BCUT2D eigenvalue weighted by atomic mass is 32.2. The van der Waals surface area contributed by atoms with Gasteiger partial charge in [0.1, 0.15) is 17.5 Å². The molecule has 9 rings (SSSR count). The van der Waals surface area contributed by atoms with E-state index < -0.39 is 15.6 Å². The molecule has 7 heteroatoms. The minimum absolute atomic E-state index is 0.0488. The van der Waals surface area contributed by atoms with Gasteiger partial charge in [-0.15, -0.1) is 0 Å². The summed E-state index contributed by atoms with van der Waals surface area (Å²) in [6.07, 6.45) is 9.28. The predicted molar refractivity (Wildman–Crippen MR) is 155 cm³/mol. The first kappa shape index (κ1) is 25.8. The highest BCUT2D eigenvalue weighted by Gasteiger charge is 2.80. The predicted octanol–water partition coefficient (Wildman–Crippen LogP) is 4.68. The number of fused-ring (bicyclic) bond motifs is 2. The van der Waals surface area contributed by atoms with Gasteiger partial charge in [-0.05, 0) is 81.0 Å². The van der Waals surface area contributed by atoms with Gasteiger partial charge in [0.25, 0.3) is 0 Å². The Morgan fingerprint density at radius 1 is 1.10 bits per heavy atom. The molecule has 4 saturated carbocycles. The molecule has 0 aromatic heterocycles. The summed E-state index contributed by atoms with van der Waals surface area (Å²) in [5.41, 5.74) is 4.74. The van der Waals surface area contributed by atoms with E-state index in [2.05, 4.69) is 24.0 Å². The highest BCUT2D eigenvalue weighted by molar-refractivity contribution is 7.88. The van der Waals surface area contributed by atoms with Crippen molar-refractivity contribution in [3.8, 4) is 5.75 Å². The van der Waals surface area contributed by atoms with E-state index in [1.165, 1.54) is 42.3 Å². The molecule has 0 unspecified atom stereocenters. The zero-order valence-electron chi connectivity index (χ0n) is 24.1. The molecular weight excluding hydrogens is 520 g/mol. The van der Waals surface area contributed by atoms with E-state index in [0.717, 1.165) is 55.9 Å². The SMILES string of the molecule is CO[C@]12CC[C@@]3(C[C@@H]1CN(Cc1ccccc1)S(C)(=O)=O)[C@H]1Cc4ccc(C)c5c4[C@@]3(CCN1CC1CC1)[C@H]2O5. The molecule has 214 valence electrons. The van der Waals surface area contributed by atoms with Crippen LogP contribution in [0.5, 0.6) is 5.75 Å². The molecule has 0 amide bonds. The fourth-order valence-corrected chi connectivity index (χ4v) is 11.1. The molecule has 7 aliphatic rings. The van der Waals surface area contributed by atoms with Crippen LogP contribution in [0, 0.1) is 24.2 Å². The Bertz CT molecular complexity index is 1460. The van der Waals surface area contributed by atoms with Crippen molar-refractivity contribution in [2.24, 2.45) is 17.3 Å². The van der Waals surface area contributed by atoms with Crippen LogP contribution in [0.2, 0.25) is 0 Å². The average molecular weight is 563 g/mol. The van der Waals surface area contributed by atoms with E-state index in [1.807, 2.05) is 37.4 Å². The quantitative estimate of drug-likeness (QED) is 0.468. The summed E-state index contributed by atoms with van der Waals surface area (Å²) in [6.45, 7) is 5.39. The monoisotopic (exact) mass is 562 g/mol. The second-order valence-corrected chi connectivity index (χ2v) is 15.9. The number of ether oxygens (including phenoxy) is 2. The molecule has 5 aliphatic carbocycles. The average Bonchev–Trinajstić information content (AvgIpc) is 3.68. The molecule has 2 aromatic rings. The van der Waals surface area contributed by atoms with Crippen molar-refractivity contribution in [2.75, 3.05) is 33.0 Å². The smallest absolute Gasteiger partial charge is 0.211 e. The first-order valence-electron chi connectivity index (χ1n) is 15.3. The van der Waals surface area contributed by atoms with Crippen LogP contribution in [-0.2, 0) is 33.1 Å². The molecule has 1 saturated heterocycles. The molecule has 2 aliphatic heterocycles. The summed E-state index contributed by atoms with van der Waals surface area (Å²) in [6, 6.07) is 15.1. The number of aryl methyl sites for hydroxylation is 1. The van der Waals surface area contributed by atoms with Crippen LogP contribution in [0.25, 0.3) is 0 Å². The third kappa shape index (κ3) is 3.29. The molecule has 2 aromatic carbocycles. The number of benzene rings is 2. The van der Waals surface area contributed by atoms with Crippen LogP contribution in [0.3, 0.4) is 0 Å². The Morgan fingerprint density at radius 3 is 2.62 bits per heavy atom. The van der Waals surface area contributed by atoms with E-state index in [0.29, 0.717) is 19.1 Å². The Morgan fingerprint density at radius 2 is 1.90 bits per heavy atom. The van der Waals surface area contributed by atoms with E-state index in [1.54, 1.807) is 4.31 Å². The van der Waals surface area contributed by atoms with Crippen molar-refractivity contribution < 1.29 is 17.9 Å². The summed E-state index contributed by atoms with van der Waals surface area (Å²) in [5.74, 6) is 2.03. The van der Waals surface area contributed by atoms with Crippen molar-refractivity contribution in [3.05, 3.63) is 64.7 Å². The molecule has 0 N–H and O–H groups in total. The first-order valence-corrected chi connectivity index (χ1v) is 17.1. The number of piperidine rings is 1. The summed E-state index contributed by atoms with van der Waals surface area (Å²) >= 11 is 0. The second-order valence-electron chi connectivity index (χ2n) is 13.9.